The van der Waals surface area contributed by atoms with Gasteiger partial charge in [-0.25, -0.2) is 4.98 Å². The molecule has 3 heteroatoms. The van der Waals surface area contributed by atoms with E-state index in [1.807, 2.05) is 11.3 Å². The summed E-state index contributed by atoms with van der Waals surface area (Å²) in [5.74, 6) is 3.76. The Balaban J connectivity index is 1.77. The minimum absolute atomic E-state index is 0.432. The number of hydrogen-bond acceptors (Lipinski definition) is 3. The summed E-state index contributed by atoms with van der Waals surface area (Å²) >= 11 is 1.87. The van der Waals surface area contributed by atoms with Gasteiger partial charge >= 0.3 is 0 Å². The summed E-state index contributed by atoms with van der Waals surface area (Å²) in [7, 11) is 0. The zero-order valence-electron chi connectivity index (χ0n) is 10.4. The standard InChI is InChI=1S/C14H20N2S/c1-8-12(15)16-13(17-8)14-5-9-2-10(6-14)4-11(3-9)7-14/h9-11H,2-7,15H2,1H3. The zero-order chi connectivity index (χ0) is 11.6. The highest BCUT2D eigenvalue weighted by molar-refractivity contribution is 7.12. The molecule has 4 aliphatic rings. The third kappa shape index (κ3) is 1.41. The SMILES string of the molecule is Cc1sc(C23CC4CC(CC(C4)C2)C3)nc1N. The van der Waals surface area contributed by atoms with Gasteiger partial charge in [0.25, 0.3) is 0 Å². The van der Waals surface area contributed by atoms with E-state index in [9.17, 15) is 0 Å². The first-order chi connectivity index (χ1) is 8.14. The topological polar surface area (TPSA) is 38.9 Å². The van der Waals surface area contributed by atoms with Gasteiger partial charge in [0, 0.05) is 10.3 Å². The van der Waals surface area contributed by atoms with E-state index in [2.05, 4.69) is 6.92 Å². The fourth-order valence-corrected chi connectivity index (χ4v) is 6.06. The van der Waals surface area contributed by atoms with Crippen LogP contribution in [0, 0.1) is 24.7 Å². The molecule has 5 rings (SSSR count). The van der Waals surface area contributed by atoms with E-state index in [0.29, 0.717) is 5.41 Å². The van der Waals surface area contributed by atoms with Gasteiger partial charge in [-0.3, -0.25) is 0 Å². The zero-order valence-corrected chi connectivity index (χ0v) is 11.2. The van der Waals surface area contributed by atoms with Crippen molar-refractivity contribution in [2.45, 2.75) is 50.9 Å². The summed E-state index contributed by atoms with van der Waals surface area (Å²) in [4.78, 5) is 5.91. The van der Waals surface area contributed by atoms with Gasteiger partial charge in [0.05, 0.1) is 0 Å². The minimum atomic E-state index is 0.432. The molecular weight excluding hydrogens is 228 g/mol. The van der Waals surface area contributed by atoms with E-state index in [4.69, 9.17) is 10.7 Å². The number of aromatic nitrogens is 1. The summed E-state index contributed by atoms with van der Waals surface area (Å²) < 4.78 is 0. The molecule has 4 saturated carbocycles. The fourth-order valence-electron chi connectivity index (χ4n) is 5.01. The summed E-state index contributed by atoms with van der Waals surface area (Å²) in [6, 6.07) is 0. The fraction of sp³-hybridized carbons (Fsp3) is 0.786. The van der Waals surface area contributed by atoms with E-state index in [0.717, 1.165) is 23.6 Å². The van der Waals surface area contributed by atoms with Crippen molar-refractivity contribution in [1.82, 2.24) is 4.98 Å². The van der Waals surface area contributed by atoms with Gasteiger partial charge in [0.15, 0.2) is 0 Å². The summed E-state index contributed by atoms with van der Waals surface area (Å²) in [5.41, 5.74) is 6.39. The van der Waals surface area contributed by atoms with Crippen LogP contribution in [0.2, 0.25) is 0 Å². The average Bonchev–Trinajstić information content (AvgIpc) is 2.58. The van der Waals surface area contributed by atoms with Gasteiger partial charge in [-0.15, -0.1) is 11.3 Å². The molecule has 0 amide bonds. The molecule has 0 aliphatic heterocycles. The molecule has 17 heavy (non-hydrogen) atoms. The van der Waals surface area contributed by atoms with E-state index < -0.39 is 0 Å². The minimum Gasteiger partial charge on any atom is -0.383 e. The quantitative estimate of drug-likeness (QED) is 0.826. The van der Waals surface area contributed by atoms with Gasteiger partial charge in [0.2, 0.25) is 0 Å². The Bertz CT molecular complexity index is 408. The van der Waals surface area contributed by atoms with Gasteiger partial charge < -0.3 is 5.73 Å². The van der Waals surface area contributed by atoms with Crippen molar-refractivity contribution in [1.29, 1.82) is 0 Å². The average molecular weight is 248 g/mol. The van der Waals surface area contributed by atoms with Crippen molar-refractivity contribution < 1.29 is 0 Å². The molecule has 2 nitrogen and oxygen atoms in total. The molecule has 2 N–H and O–H groups in total. The summed E-state index contributed by atoms with van der Waals surface area (Å²) in [5, 5.41) is 1.37. The largest absolute Gasteiger partial charge is 0.383 e. The van der Waals surface area contributed by atoms with E-state index in [-0.39, 0.29) is 0 Å². The Hall–Kier alpha value is -0.570. The lowest BCUT2D eigenvalue weighted by Gasteiger charge is -2.56. The molecule has 0 atom stereocenters. The molecule has 4 bridgehead atoms. The summed E-state index contributed by atoms with van der Waals surface area (Å²) in [6.07, 6.45) is 8.68. The van der Waals surface area contributed by atoms with Crippen LogP contribution in [0.25, 0.3) is 0 Å². The molecule has 0 radical (unpaired) electrons. The number of aryl methyl sites for hydroxylation is 1. The predicted molar refractivity (Wildman–Crippen MR) is 71.1 cm³/mol. The number of anilines is 1. The van der Waals surface area contributed by atoms with Crippen LogP contribution in [-0.2, 0) is 5.41 Å². The molecular formula is C14H20N2S. The van der Waals surface area contributed by atoms with Gasteiger partial charge in [-0.1, -0.05) is 0 Å². The van der Waals surface area contributed by atoms with E-state index >= 15 is 0 Å². The third-order valence-electron chi connectivity index (χ3n) is 5.32. The number of nitrogens with zero attached hydrogens (tertiary/aromatic N) is 1. The normalized spacial score (nSPS) is 43.2. The van der Waals surface area contributed by atoms with Crippen LogP contribution in [0.15, 0.2) is 0 Å². The highest BCUT2D eigenvalue weighted by Crippen LogP contribution is 2.61. The molecule has 0 unspecified atom stereocenters. The van der Waals surface area contributed by atoms with E-state index in [1.54, 1.807) is 0 Å². The molecule has 4 fully saturated rings. The van der Waals surface area contributed by atoms with Crippen LogP contribution in [0.3, 0.4) is 0 Å². The molecule has 1 heterocycles. The van der Waals surface area contributed by atoms with Crippen LogP contribution in [-0.4, -0.2) is 4.98 Å². The monoisotopic (exact) mass is 248 g/mol. The second kappa shape index (κ2) is 3.25. The second-order valence-corrected chi connectivity index (χ2v) is 7.86. The number of thiazole rings is 1. The Morgan fingerprint density at radius 1 is 1.12 bits per heavy atom. The van der Waals surface area contributed by atoms with E-state index in [1.165, 1.54) is 48.4 Å². The molecule has 92 valence electrons. The first-order valence-corrected chi connectivity index (χ1v) is 7.70. The maximum atomic E-state index is 5.96. The van der Waals surface area contributed by atoms with Crippen molar-refractivity contribution in [3.63, 3.8) is 0 Å². The number of nitrogen functional groups attached to an aromatic ring is 1. The van der Waals surface area contributed by atoms with Crippen molar-refractivity contribution in [3.05, 3.63) is 9.88 Å². The highest BCUT2D eigenvalue weighted by atomic mass is 32.1. The lowest BCUT2D eigenvalue weighted by Crippen LogP contribution is -2.48. The van der Waals surface area contributed by atoms with Crippen LogP contribution < -0.4 is 5.73 Å². The highest BCUT2D eigenvalue weighted by Gasteiger charge is 2.53. The Kier molecular flexibility index (Phi) is 1.98. The first kappa shape index (κ1) is 10.4. The smallest absolute Gasteiger partial charge is 0.137 e. The lowest BCUT2D eigenvalue weighted by molar-refractivity contribution is -0.00523. The Labute approximate surface area is 107 Å². The van der Waals surface area contributed by atoms with Crippen molar-refractivity contribution in [2.24, 2.45) is 17.8 Å². The lowest BCUT2D eigenvalue weighted by atomic mass is 9.50. The van der Waals surface area contributed by atoms with Crippen LogP contribution in [0.4, 0.5) is 5.82 Å². The first-order valence-electron chi connectivity index (χ1n) is 6.88. The molecule has 4 aliphatic carbocycles. The van der Waals surface area contributed by atoms with Crippen LogP contribution in [0.1, 0.15) is 48.4 Å². The van der Waals surface area contributed by atoms with Gasteiger partial charge in [-0.05, 0) is 63.2 Å². The van der Waals surface area contributed by atoms with Gasteiger partial charge in [0.1, 0.15) is 10.8 Å². The van der Waals surface area contributed by atoms with Crippen LogP contribution in [0.5, 0.6) is 0 Å². The summed E-state index contributed by atoms with van der Waals surface area (Å²) in [6.45, 7) is 2.11. The van der Waals surface area contributed by atoms with Crippen molar-refractivity contribution >= 4 is 17.2 Å². The maximum absolute atomic E-state index is 5.96. The van der Waals surface area contributed by atoms with Crippen molar-refractivity contribution in [2.75, 3.05) is 5.73 Å². The van der Waals surface area contributed by atoms with Gasteiger partial charge in [-0.2, -0.15) is 0 Å². The molecule has 0 aromatic carbocycles. The Morgan fingerprint density at radius 2 is 1.65 bits per heavy atom. The molecule has 0 saturated heterocycles. The van der Waals surface area contributed by atoms with Crippen molar-refractivity contribution in [3.8, 4) is 0 Å². The molecule has 0 spiro atoms. The van der Waals surface area contributed by atoms with Crippen LogP contribution >= 0.6 is 11.3 Å². The second-order valence-electron chi connectivity index (χ2n) is 6.66. The Morgan fingerprint density at radius 3 is 2.06 bits per heavy atom. The molecule has 1 aromatic rings. The third-order valence-corrected chi connectivity index (χ3v) is 6.56. The number of rotatable bonds is 1. The molecule has 1 aromatic heterocycles. The maximum Gasteiger partial charge on any atom is 0.137 e. The predicted octanol–water partition coefficient (Wildman–Crippen LogP) is 3.50. The number of hydrogen-bond donors (Lipinski definition) is 1. The number of nitrogens with two attached hydrogens (primary N) is 1.